The number of hydrogen-bond donors (Lipinski definition) is 0. The zero-order valence-corrected chi connectivity index (χ0v) is 15.6. The van der Waals surface area contributed by atoms with Crippen molar-refractivity contribution in [2.75, 3.05) is 36.3 Å². The molecule has 2 heterocycles. The SMILES string of the molecule is Cc1ccc(N2C(SCC(=O)N(C)C)=NC3CS(=O)(=O)CC32)cc1. The lowest BCUT2D eigenvalue weighted by Crippen LogP contribution is -2.39. The van der Waals surface area contributed by atoms with E-state index < -0.39 is 9.84 Å². The van der Waals surface area contributed by atoms with E-state index in [4.69, 9.17) is 0 Å². The molecule has 1 amide bonds. The van der Waals surface area contributed by atoms with Gasteiger partial charge in [-0.25, -0.2) is 8.42 Å². The smallest absolute Gasteiger partial charge is 0.232 e. The molecule has 0 aliphatic carbocycles. The molecule has 1 aromatic carbocycles. The van der Waals surface area contributed by atoms with Crippen LogP contribution in [0.15, 0.2) is 29.3 Å². The van der Waals surface area contributed by atoms with E-state index >= 15 is 0 Å². The Labute approximate surface area is 146 Å². The van der Waals surface area contributed by atoms with E-state index in [0.29, 0.717) is 5.75 Å². The number of benzene rings is 1. The molecular formula is C16H21N3O3S2. The summed E-state index contributed by atoms with van der Waals surface area (Å²) in [5, 5.41) is 0.735. The van der Waals surface area contributed by atoms with E-state index in [2.05, 4.69) is 4.99 Å². The molecule has 2 atom stereocenters. The number of fused-ring (bicyclic) bond motifs is 1. The van der Waals surface area contributed by atoms with Crippen molar-refractivity contribution in [3.63, 3.8) is 0 Å². The van der Waals surface area contributed by atoms with Crippen molar-refractivity contribution in [1.29, 1.82) is 0 Å². The monoisotopic (exact) mass is 367 g/mol. The molecule has 1 aromatic rings. The van der Waals surface area contributed by atoms with Crippen LogP contribution in [0.1, 0.15) is 5.56 Å². The Bertz CT molecular complexity index is 772. The second-order valence-corrected chi connectivity index (χ2v) is 9.50. The number of carbonyl (C=O) groups is 1. The van der Waals surface area contributed by atoms with Crippen molar-refractivity contribution >= 4 is 38.4 Å². The third kappa shape index (κ3) is 3.44. The second kappa shape index (κ2) is 6.40. The zero-order chi connectivity index (χ0) is 17.5. The van der Waals surface area contributed by atoms with E-state index in [9.17, 15) is 13.2 Å². The first-order valence-corrected chi connectivity index (χ1v) is 10.5. The molecular weight excluding hydrogens is 346 g/mol. The van der Waals surface area contributed by atoms with Gasteiger partial charge in [0, 0.05) is 19.8 Å². The maximum Gasteiger partial charge on any atom is 0.232 e. The lowest BCUT2D eigenvalue weighted by Gasteiger charge is -2.26. The van der Waals surface area contributed by atoms with Crippen molar-refractivity contribution in [3.05, 3.63) is 29.8 Å². The van der Waals surface area contributed by atoms with Crippen molar-refractivity contribution in [3.8, 4) is 0 Å². The van der Waals surface area contributed by atoms with E-state index in [0.717, 1.165) is 16.4 Å². The van der Waals surface area contributed by atoms with Crippen LogP contribution in [0.25, 0.3) is 0 Å². The van der Waals surface area contributed by atoms with Crippen molar-refractivity contribution in [2.24, 2.45) is 4.99 Å². The first-order valence-electron chi connectivity index (χ1n) is 7.74. The van der Waals surface area contributed by atoms with Crippen LogP contribution in [0, 0.1) is 6.92 Å². The lowest BCUT2D eigenvalue weighted by atomic mass is 10.1. The van der Waals surface area contributed by atoms with Crippen LogP contribution in [0.4, 0.5) is 5.69 Å². The van der Waals surface area contributed by atoms with Gasteiger partial charge in [0.25, 0.3) is 0 Å². The molecule has 2 unspecified atom stereocenters. The highest BCUT2D eigenvalue weighted by Crippen LogP contribution is 2.35. The Morgan fingerprint density at radius 1 is 1.29 bits per heavy atom. The van der Waals surface area contributed by atoms with Gasteiger partial charge in [-0.1, -0.05) is 29.5 Å². The summed E-state index contributed by atoms with van der Waals surface area (Å²) in [6, 6.07) is 7.54. The predicted molar refractivity (Wildman–Crippen MR) is 98.5 cm³/mol. The van der Waals surface area contributed by atoms with Crippen LogP contribution in [0.5, 0.6) is 0 Å². The van der Waals surface area contributed by atoms with Gasteiger partial charge < -0.3 is 9.80 Å². The topological polar surface area (TPSA) is 70.1 Å². The molecule has 0 bridgehead atoms. The number of aliphatic imine (C=N–C) groups is 1. The van der Waals surface area contributed by atoms with Gasteiger partial charge in [0.1, 0.15) is 0 Å². The Hall–Kier alpha value is -1.54. The largest absolute Gasteiger partial charge is 0.348 e. The molecule has 1 fully saturated rings. The molecule has 0 spiro atoms. The molecule has 0 N–H and O–H groups in total. The second-order valence-electron chi connectivity index (χ2n) is 6.41. The number of sulfone groups is 1. The number of nitrogens with zero attached hydrogens (tertiary/aromatic N) is 3. The van der Waals surface area contributed by atoms with Gasteiger partial charge in [-0.3, -0.25) is 9.79 Å². The molecule has 0 saturated carbocycles. The molecule has 130 valence electrons. The molecule has 8 heteroatoms. The fourth-order valence-corrected chi connectivity index (χ4v) is 5.84. The molecule has 3 rings (SSSR count). The first kappa shape index (κ1) is 17.3. The van der Waals surface area contributed by atoms with Crippen LogP contribution >= 0.6 is 11.8 Å². The highest BCUT2D eigenvalue weighted by molar-refractivity contribution is 8.14. The number of anilines is 1. The molecule has 2 aliphatic heterocycles. The minimum absolute atomic E-state index is 0.0104. The normalized spacial score (nSPS) is 24.6. The maximum absolute atomic E-state index is 12.0. The molecule has 1 saturated heterocycles. The summed E-state index contributed by atoms with van der Waals surface area (Å²) < 4.78 is 23.9. The Balaban J connectivity index is 1.87. The van der Waals surface area contributed by atoms with Crippen LogP contribution in [0.2, 0.25) is 0 Å². The molecule has 0 radical (unpaired) electrons. The van der Waals surface area contributed by atoms with Gasteiger partial charge in [0.2, 0.25) is 5.91 Å². The van der Waals surface area contributed by atoms with Gasteiger partial charge >= 0.3 is 0 Å². The van der Waals surface area contributed by atoms with Crippen LogP contribution in [-0.2, 0) is 14.6 Å². The standard InChI is InChI=1S/C16H21N3O3S2/c1-11-4-6-12(7-5-11)19-14-10-24(21,22)9-13(14)17-16(19)23-8-15(20)18(2)3/h4-7,13-14H,8-10H2,1-3H3. The average Bonchev–Trinajstić information content (AvgIpc) is 2.97. The third-order valence-electron chi connectivity index (χ3n) is 4.24. The summed E-state index contributed by atoms with van der Waals surface area (Å²) >= 11 is 1.37. The van der Waals surface area contributed by atoms with Crippen LogP contribution < -0.4 is 4.90 Å². The Morgan fingerprint density at radius 3 is 2.58 bits per heavy atom. The quantitative estimate of drug-likeness (QED) is 0.802. The number of thioether (sulfide) groups is 1. The van der Waals surface area contributed by atoms with Crippen molar-refractivity contribution < 1.29 is 13.2 Å². The first-order chi connectivity index (χ1) is 11.3. The van der Waals surface area contributed by atoms with Crippen molar-refractivity contribution in [2.45, 2.75) is 19.0 Å². The fourth-order valence-electron chi connectivity index (χ4n) is 2.90. The third-order valence-corrected chi connectivity index (χ3v) is 6.89. The van der Waals surface area contributed by atoms with E-state index in [1.807, 2.05) is 36.1 Å². The fraction of sp³-hybridized carbons (Fsp3) is 0.500. The molecule has 6 nitrogen and oxygen atoms in total. The summed E-state index contributed by atoms with van der Waals surface area (Å²) in [5.74, 6) is 0.503. The maximum atomic E-state index is 12.0. The summed E-state index contributed by atoms with van der Waals surface area (Å²) in [5.41, 5.74) is 2.07. The minimum atomic E-state index is -3.06. The van der Waals surface area contributed by atoms with E-state index in [1.54, 1.807) is 19.0 Å². The van der Waals surface area contributed by atoms with Gasteiger partial charge in [-0.2, -0.15) is 0 Å². The van der Waals surface area contributed by atoms with Gasteiger partial charge in [0.05, 0.1) is 29.3 Å². The Morgan fingerprint density at radius 2 is 1.96 bits per heavy atom. The lowest BCUT2D eigenvalue weighted by molar-refractivity contribution is -0.125. The van der Waals surface area contributed by atoms with Gasteiger partial charge in [0.15, 0.2) is 15.0 Å². The Kier molecular flexibility index (Phi) is 4.61. The molecule has 24 heavy (non-hydrogen) atoms. The average molecular weight is 367 g/mol. The van der Waals surface area contributed by atoms with E-state index in [-0.39, 0.29) is 29.5 Å². The van der Waals surface area contributed by atoms with E-state index in [1.165, 1.54) is 11.8 Å². The van der Waals surface area contributed by atoms with Gasteiger partial charge in [-0.15, -0.1) is 0 Å². The molecule has 0 aromatic heterocycles. The number of hydrogen-bond acceptors (Lipinski definition) is 6. The van der Waals surface area contributed by atoms with Crippen LogP contribution in [-0.4, -0.2) is 67.8 Å². The summed E-state index contributed by atoms with van der Waals surface area (Å²) in [6.45, 7) is 2.01. The summed E-state index contributed by atoms with van der Waals surface area (Å²) in [6.07, 6.45) is 0. The zero-order valence-electron chi connectivity index (χ0n) is 14.0. The number of amides is 1. The van der Waals surface area contributed by atoms with Crippen LogP contribution in [0.3, 0.4) is 0 Å². The predicted octanol–water partition coefficient (Wildman–Crippen LogP) is 1.16. The number of carbonyl (C=O) groups excluding carboxylic acids is 1. The molecule has 2 aliphatic rings. The number of rotatable bonds is 3. The summed E-state index contributed by atoms with van der Waals surface area (Å²) in [7, 11) is 0.385. The van der Waals surface area contributed by atoms with Gasteiger partial charge in [-0.05, 0) is 19.1 Å². The highest BCUT2D eigenvalue weighted by atomic mass is 32.2. The number of amidine groups is 1. The summed E-state index contributed by atoms with van der Waals surface area (Å²) in [4.78, 5) is 20.0. The van der Waals surface area contributed by atoms with Crippen molar-refractivity contribution in [1.82, 2.24) is 4.90 Å². The number of aryl methyl sites for hydroxylation is 1. The highest BCUT2D eigenvalue weighted by Gasteiger charge is 2.47. The minimum Gasteiger partial charge on any atom is -0.348 e.